The molecular weight excluding hydrogens is 360 g/mol. The number of rotatable bonds is 5. The van der Waals surface area contributed by atoms with Crippen molar-refractivity contribution >= 4 is 18.4 Å². The number of carbonyl (C=O) groups excluding carboxylic acids is 1. The normalized spacial score (nSPS) is 35.7. The molecule has 0 N–H and O–H groups in total. The van der Waals surface area contributed by atoms with Gasteiger partial charge in [0.1, 0.15) is 5.82 Å². The van der Waals surface area contributed by atoms with Crippen LogP contribution in [0.2, 0.25) is 0 Å². The summed E-state index contributed by atoms with van der Waals surface area (Å²) < 4.78 is 31.3. The molecule has 144 valence electrons. The number of hydrogen-bond donors (Lipinski definition) is 0. The van der Waals surface area contributed by atoms with E-state index >= 15 is 0 Å². The van der Waals surface area contributed by atoms with Crippen molar-refractivity contribution in [2.75, 3.05) is 20.3 Å². The average molecular weight is 386 g/mol. The number of nitrogens with zero attached hydrogens (tertiary/aromatic N) is 1. The smallest absolute Gasteiger partial charge is 0.310 e. The molecule has 2 aliphatic heterocycles. The molecule has 2 bridgehead atoms. The number of alkyl halides is 1. The van der Waals surface area contributed by atoms with Gasteiger partial charge in [0.25, 0.3) is 0 Å². The van der Waals surface area contributed by atoms with Gasteiger partial charge >= 0.3 is 5.97 Å². The Morgan fingerprint density at radius 1 is 1.19 bits per heavy atom. The van der Waals surface area contributed by atoms with E-state index in [9.17, 15) is 13.6 Å². The number of benzene rings is 1. The van der Waals surface area contributed by atoms with E-state index in [4.69, 9.17) is 4.74 Å². The van der Waals surface area contributed by atoms with E-state index in [-0.39, 0.29) is 54.7 Å². The standard InChI is InChI=1S/C20H25F2NO2.ClH/c1-25-20(24)19-17(12-2-4-15(22)5-3-12)9-16-6-7-18(19)23(16)11-14-8-13(14)10-21;/h2-5,13-14,16-19H,6-11H2,1H3;1H/t13-,14-,16-,17+,18+,19-;/m0./s1. The number of methoxy groups -OCH3 is 1. The lowest BCUT2D eigenvalue weighted by Gasteiger charge is -2.44. The first-order chi connectivity index (χ1) is 12.1. The predicted octanol–water partition coefficient (Wildman–Crippen LogP) is 3.96. The van der Waals surface area contributed by atoms with E-state index in [1.165, 1.54) is 19.2 Å². The molecule has 1 aliphatic carbocycles. The van der Waals surface area contributed by atoms with Crippen LogP contribution < -0.4 is 0 Å². The Bertz CT molecular complexity index is 641. The maximum absolute atomic E-state index is 13.3. The molecule has 0 spiro atoms. The first kappa shape index (κ1) is 19.6. The molecule has 0 amide bonds. The average Bonchev–Trinajstić information content (AvgIpc) is 3.32. The molecule has 6 heteroatoms. The molecule has 2 heterocycles. The summed E-state index contributed by atoms with van der Waals surface area (Å²) in [7, 11) is 1.44. The van der Waals surface area contributed by atoms with Crippen molar-refractivity contribution in [1.82, 2.24) is 4.90 Å². The molecule has 3 aliphatic rings. The molecule has 3 nitrogen and oxygen atoms in total. The Kier molecular flexibility index (Phi) is 5.88. The minimum Gasteiger partial charge on any atom is -0.469 e. The lowest BCUT2D eigenvalue weighted by Crippen LogP contribution is -2.51. The van der Waals surface area contributed by atoms with Crippen LogP contribution in [-0.4, -0.2) is 43.3 Å². The van der Waals surface area contributed by atoms with Crippen molar-refractivity contribution in [3.8, 4) is 0 Å². The molecule has 3 fully saturated rings. The topological polar surface area (TPSA) is 29.5 Å². The van der Waals surface area contributed by atoms with Gasteiger partial charge < -0.3 is 4.74 Å². The minimum atomic E-state index is -0.259. The van der Waals surface area contributed by atoms with E-state index in [2.05, 4.69) is 4.90 Å². The van der Waals surface area contributed by atoms with Gasteiger partial charge in [-0.2, -0.15) is 0 Å². The Morgan fingerprint density at radius 2 is 1.92 bits per heavy atom. The summed E-state index contributed by atoms with van der Waals surface area (Å²) in [6.45, 7) is 0.667. The van der Waals surface area contributed by atoms with Crippen LogP contribution in [0.3, 0.4) is 0 Å². The molecule has 26 heavy (non-hydrogen) atoms. The number of piperidine rings is 1. The van der Waals surface area contributed by atoms with Gasteiger partial charge in [-0.25, -0.2) is 4.39 Å². The fraction of sp³-hybridized carbons (Fsp3) is 0.650. The molecule has 0 aromatic heterocycles. The third-order valence-corrected chi connectivity index (χ3v) is 6.55. The fourth-order valence-electron chi connectivity index (χ4n) is 5.10. The molecule has 4 rings (SSSR count). The molecule has 1 saturated carbocycles. The van der Waals surface area contributed by atoms with Crippen LogP contribution in [0.25, 0.3) is 0 Å². The third-order valence-electron chi connectivity index (χ3n) is 6.55. The van der Waals surface area contributed by atoms with E-state index in [1.54, 1.807) is 12.1 Å². The van der Waals surface area contributed by atoms with Gasteiger partial charge in [-0.1, -0.05) is 12.1 Å². The van der Waals surface area contributed by atoms with E-state index in [0.717, 1.165) is 37.8 Å². The highest BCUT2D eigenvalue weighted by Crippen LogP contribution is 2.50. The second kappa shape index (κ2) is 7.81. The van der Waals surface area contributed by atoms with Crippen molar-refractivity contribution in [2.45, 2.75) is 43.7 Å². The number of hydrogen-bond acceptors (Lipinski definition) is 3. The van der Waals surface area contributed by atoms with Crippen LogP contribution >= 0.6 is 12.4 Å². The van der Waals surface area contributed by atoms with Crippen LogP contribution in [0.15, 0.2) is 24.3 Å². The first-order valence-corrected chi connectivity index (χ1v) is 9.27. The first-order valence-electron chi connectivity index (χ1n) is 9.27. The third kappa shape index (κ3) is 3.48. The quantitative estimate of drug-likeness (QED) is 0.718. The number of fused-ring (bicyclic) bond motifs is 2. The molecule has 1 aromatic carbocycles. The van der Waals surface area contributed by atoms with E-state index in [0.29, 0.717) is 12.0 Å². The largest absolute Gasteiger partial charge is 0.469 e. The van der Waals surface area contributed by atoms with Gasteiger partial charge in [-0.15, -0.1) is 12.4 Å². The summed E-state index contributed by atoms with van der Waals surface area (Å²) >= 11 is 0. The summed E-state index contributed by atoms with van der Waals surface area (Å²) in [5, 5.41) is 0. The van der Waals surface area contributed by atoms with Crippen LogP contribution in [0.4, 0.5) is 8.78 Å². The Labute approximate surface area is 159 Å². The highest BCUT2D eigenvalue weighted by molar-refractivity contribution is 5.85. The summed E-state index contributed by atoms with van der Waals surface area (Å²) in [6, 6.07) is 7.11. The van der Waals surface area contributed by atoms with Gasteiger partial charge in [0.2, 0.25) is 0 Å². The van der Waals surface area contributed by atoms with Gasteiger partial charge in [-0.05, 0) is 55.2 Å². The zero-order valence-electron chi connectivity index (χ0n) is 14.9. The van der Waals surface area contributed by atoms with Crippen molar-refractivity contribution in [1.29, 1.82) is 0 Å². The van der Waals surface area contributed by atoms with Gasteiger partial charge in [0.05, 0.1) is 19.7 Å². The SMILES string of the molecule is COC(=O)[C@H]1[C@@H](c2ccc(F)cc2)C[C@@H]2CC[C@H]1N2C[C@@H]1C[C@H]1CF.Cl. The predicted molar refractivity (Wildman–Crippen MR) is 97.6 cm³/mol. The van der Waals surface area contributed by atoms with E-state index in [1.807, 2.05) is 0 Å². The van der Waals surface area contributed by atoms with Crippen molar-refractivity contribution < 1.29 is 18.3 Å². The Balaban J connectivity index is 0.00000196. The molecule has 6 atom stereocenters. The Hall–Kier alpha value is -1.20. The fourth-order valence-corrected chi connectivity index (χ4v) is 5.10. The lowest BCUT2D eigenvalue weighted by atomic mass is 9.76. The maximum atomic E-state index is 13.3. The summed E-state index contributed by atoms with van der Waals surface area (Å²) in [4.78, 5) is 15.0. The Morgan fingerprint density at radius 3 is 2.54 bits per heavy atom. The minimum absolute atomic E-state index is 0. The highest BCUT2D eigenvalue weighted by atomic mass is 35.5. The summed E-state index contributed by atoms with van der Waals surface area (Å²) in [5.74, 6) is 0.0571. The molecule has 0 radical (unpaired) electrons. The number of esters is 1. The van der Waals surface area contributed by atoms with Gasteiger partial charge in [0.15, 0.2) is 0 Å². The zero-order valence-corrected chi connectivity index (χ0v) is 15.8. The summed E-state index contributed by atoms with van der Waals surface area (Å²) in [6.07, 6.45) is 3.91. The van der Waals surface area contributed by atoms with Crippen LogP contribution in [-0.2, 0) is 9.53 Å². The molecule has 2 saturated heterocycles. The molecule has 0 unspecified atom stereocenters. The second-order valence-electron chi connectivity index (χ2n) is 7.85. The van der Waals surface area contributed by atoms with Crippen molar-refractivity contribution in [2.24, 2.45) is 17.8 Å². The molecule has 1 aromatic rings. The molecular formula is C20H26ClF2NO2. The van der Waals surface area contributed by atoms with Crippen LogP contribution in [0.1, 0.15) is 37.2 Å². The van der Waals surface area contributed by atoms with E-state index < -0.39 is 0 Å². The van der Waals surface area contributed by atoms with Crippen molar-refractivity contribution in [3.05, 3.63) is 35.6 Å². The lowest BCUT2D eigenvalue weighted by molar-refractivity contribution is -0.150. The number of halogens is 3. The number of carbonyl (C=O) groups is 1. The van der Waals surface area contributed by atoms with Crippen molar-refractivity contribution in [3.63, 3.8) is 0 Å². The van der Waals surface area contributed by atoms with Gasteiger partial charge in [0, 0.05) is 24.5 Å². The zero-order chi connectivity index (χ0) is 17.6. The summed E-state index contributed by atoms with van der Waals surface area (Å²) in [5.41, 5.74) is 1.02. The van der Waals surface area contributed by atoms with Gasteiger partial charge in [-0.3, -0.25) is 14.1 Å². The monoisotopic (exact) mass is 385 g/mol. The van der Waals surface area contributed by atoms with Crippen LogP contribution in [0.5, 0.6) is 0 Å². The number of ether oxygens (including phenoxy) is 1. The highest BCUT2D eigenvalue weighted by Gasteiger charge is 2.52. The maximum Gasteiger partial charge on any atom is 0.310 e. The van der Waals surface area contributed by atoms with Crippen LogP contribution in [0, 0.1) is 23.6 Å². The second-order valence-corrected chi connectivity index (χ2v) is 7.85.